The fourth-order valence-electron chi connectivity index (χ4n) is 2.66. The van der Waals surface area contributed by atoms with E-state index in [9.17, 15) is 18.0 Å². The van der Waals surface area contributed by atoms with Crippen molar-refractivity contribution >= 4 is 23.5 Å². The highest BCUT2D eigenvalue weighted by Crippen LogP contribution is 2.29. The number of nitrogens with zero attached hydrogens (tertiary/aromatic N) is 3. The maximum Gasteiger partial charge on any atom is 0.522 e. The molecule has 0 bridgehead atoms. The Morgan fingerprint density at radius 2 is 2.04 bits per heavy atom. The molecule has 1 aliphatic rings. The number of likely N-dealkylation sites (tertiary alicyclic amines) is 1. The first-order valence-corrected chi connectivity index (χ1v) is 8.43. The Balaban J connectivity index is 1.57. The Bertz CT molecular complexity index is 812. The highest BCUT2D eigenvalue weighted by atomic mass is 35.5. The molecule has 1 aromatic carbocycles. The highest BCUT2D eigenvalue weighted by Gasteiger charge is 2.46. The molecule has 3 atom stereocenters. The number of amides is 1. The minimum atomic E-state index is -4.72. The molecule has 1 aliphatic heterocycles. The second-order valence-corrected chi connectivity index (χ2v) is 6.55. The van der Waals surface area contributed by atoms with E-state index in [1.165, 1.54) is 11.8 Å². The smallest absolute Gasteiger partial charge is 0.403 e. The first-order chi connectivity index (χ1) is 12.6. The summed E-state index contributed by atoms with van der Waals surface area (Å²) in [5, 5.41) is 11.0. The Kier molecular flexibility index (Phi) is 5.29. The summed E-state index contributed by atoms with van der Waals surface area (Å²) >= 11 is 5.82. The number of nitrogens with one attached hydrogen (secondary N) is 1. The molecular formula is C16H16ClF3N4O3. The van der Waals surface area contributed by atoms with E-state index in [-0.39, 0.29) is 18.5 Å². The van der Waals surface area contributed by atoms with Crippen LogP contribution in [-0.4, -0.2) is 52.1 Å². The molecule has 1 fully saturated rings. The molecule has 0 radical (unpaired) electrons. The Morgan fingerprint density at radius 3 is 2.63 bits per heavy atom. The highest BCUT2D eigenvalue weighted by molar-refractivity contribution is 6.30. The molecule has 1 aromatic heterocycles. The average Bonchev–Trinajstić information content (AvgIpc) is 3.05. The molecule has 146 valence electrons. The number of hydrogen-bond donors (Lipinski definition) is 1. The Morgan fingerprint density at radius 1 is 1.37 bits per heavy atom. The van der Waals surface area contributed by atoms with Crippen LogP contribution >= 0.6 is 11.6 Å². The molecule has 1 amide bonds. The SMILES string of the molecule is C[C@@H]1[C@H](OC(F)(F)F)CN1C(=O)[C@@H](C)Nc1nnc(-c2ccc(Cl)cc2)o1. The summed E-state index contributed by atoms with van der Waals surface area (Å²) in [5.41, 5.74) is 0.655. The van der Waals surface area contributed by atoms with Crippen molar-refractivity contribution in [2.75, 3.05) is 11.9 Å². The van der Waals surface area contributed by atoms with Crippen molar-refractivity contribution in [2.45, 2.75) is 38.4 Å². The van der Waals surface area contributed by atoms with Gasteiger partial charge in [-0.05, 0) is 38.1 Å². The molecule has 2 aromatic rings. The van der Waals surface area contributed by atoms with E-state index in [1.807, 2.05) is 0 Å². The number of alkyl halides is 3. The van der Waals surface area contributed by atoms with Crippen LogP contribution in [-0.2, 0) is 9.53 Å². The van der Waals surface area contributed by atoms with E-state index >= 15 is 0 Å². The van der Waals surface area contributed by atoms with E-state index in [4.69, 9.17) is 16.0 Å². The van der Waals surface area contributed by atoms with Crippen LogP contribution in [0.15, 0.2) is 28.7 Å². The van der Waals surface area contributed by atoms with Crippen molar-refractivity contribution in [1.29, 1.82) is 0 Å². The minimum absolute atomic E-state index is 0.0251. The normalized spacial score (nSPS) is 20.9. The van der Waals surface area contributed by atoms with Crippen molar-refractivity contribution < 1.29 is 27.1 Å². The number of halogens is 4. The molecule has 3 rings (SSSR count). The largest absolute Gasteiger partial charge is 0.522 e. The molecular weight excluding hydrogens is 389 g/mol. The molecule has 2 heterocycles. The second-order valence-electron chi connectivity index (χ2n) is 6.12. The predicted molar refractivity (Wildman–Crippen MR) is 89.9 cm³/mol. The van der Waals surface area contributed by atoms with E-state index in [0.717, 1.165) is 0 Å². The van der Waals surface area contributed by atoms with Gasteiger partial charge >= 0.3 is 12.4 Å². The van der Waals surface area contributed by atoms with Crippen molar-refractivity contribution in [2.24, 2.45) is 0 Å². The lowest BCUT2D eigenvalue weighted by molar-refractivity contribution is -0.359. The van der Waals surface area contributed by atoms with Crippen molar-refractivity contribution in [3.8, 4) is 11.5 Å². The van der Waals surface area contributed by atoms with Crippen LogP contribution in [0.1, 0.15) is 13.8 Å². The number of ether oxygens (including phenoxy) is 1. The van der Waals surface area contributed by atoms with Gasteiger partial charge in [-0.25, -0.2) is 0 Å². The number of carbonyl (C=O) groups excluding carboxylic acids is 1. The number of benzene rings is 1. The zero-order valence-corrected chi connectivity index (χ0v) is 15.1. The zero-order valence-electron chi connectivity index (χ0n) is 14.3. The average molecular weight is 405 g/mol. The third-order valence-corrected chi connectivity index (χ3v) is 4.45. The predicted octanol–water partition coefficient (Wildman–Crippen LogP) is 3.33. The quantitative estimate of drug-likeness (QED) is 0.823. The van der Waals surface area contributed by atoms with Gasteiger partial charge in [-0.3, -0.25) is 9.53 Å². The van der Waals surface area contributed by atoms with Gasteiger partial charge in [0.05, 0.1) is 6.04 Å². The summed E-state index contributed by atoms with van der Waals surface area (Å²) < 4.78 is 46.2. The van der Waals surface area contributed by atoms with Crippen LogP contribution in [0.25, 0.3) is 11.5 Å². The Hall–Kier alpha value is -2.33. The molecule has 11 heteroatoms. The summed E-state index contributed by atoms with van der Waals surface area (Å²) in [7, 11) is 0. The summed E-state index contributed by atoms with van der Waals surface area (Å²) in [6, 6.07) is 5.33. The lowest BCUT2D eigenvalue weighted by atomic mass is 10.00. The van der Waals surface area contributed by atoms with Gasteiger partial charge in [-0.2, -0.15) is 0 Å². The van der Waals surface area contributed by atoms with E-state index in [1.54, 1.807) is 31.2 Å². The monoisotopic (exact) mass is 404 g/mol. The van der Waals surface area contributed by atoms with Gasteiger partial charge in [-0.15, -0.1) is 18.3 Å². The number of aromatic nitrogens is 2. The van der Waals surface area contributed by atoms with Crippen LogP contribution in [0.2, 0.25) is 5.02 Å². The van der Waals surface area contributed by atoms with Crippen LogP contribution < -0.4 is 5.32 Å². The lowest BCUT2D eigenvalue weighted by Gasteiger charge is -2.46. The van der Waals surface area contributed by atoms with Crippen LogP contribution in [0, 0.1) is 0 Å². The molecule has 0 unspecified atom stereocenters. The van der Waals surface area contributed by atoms with Gasteiger partial charge in [0.25, 0.3) is 0 Å². The minimum Gasteiger partial charge on any atom is -0.403 e. The number of carbonyl (C=O) groups is 1. The van der Waals surface area contributed by atoms with Crippen molar-refractivity contribution in [3.05, 3.63) is 29.3 Å². The van der Waals surface area contributed by atoms with Crippen LogP contribution in [0.5, 0.6) is 0 Å². The first-order valence-electron chi connectivity index (χ1n) is 8.05. The van der Waals surface area contributed by atoms with Gasteiger partial charge in [0.2, 0.25) is 11.8 Å². The third kappa shape index (κ3) is 4.51. The van der Waals surface area contributed by atoms with Gasteiger partial charge in [0.15, 0.2) is 0 Å². The fourth-order valence-corrected chi connectivity index (χ4v) is 2.79. The maximum atomic E-state index is 12.4. The lowest BCUT2D eigenvalue weighted by Crippen LogP contribution is -2.64. The maximum absolute atomic E-state index is 12.4. The van der Waals surface area contributed by atoms with Gasteiger partial charge in [-0.1, -0.05) is 16.7 Å². The summed E-state index contributed by atoms with van der Waals surface area (Å²) in [6.45, 7) is 2.92. The van der Waals surface area contributed by atoms with Crippen LogP contribution in [0.3, 0.4) is 0 Å². The molecule has 1 N–H and O–H groups in total. The summed E-state index contributed by atoms with van der Waals surface area (Å²) in [4.78, 5) is 13.7. The van der Waals surface area contributed by atoms with Gasteiger partial charge in [0.1, 0.15) is 12.1 Å². The third-order valence-electron chi connectivity index (χ3n) is 4.20. The fraction of sp³-hybridized carbons (Fsp3) is 0.438. The van der Waals surface area contributed by atoms with Gasteiger partial charge in [0, 0.05) is 17.1 Å². The van der Waals surface area contributed by atoms with E-state index in [2.05, 4.69) is 20.3 Å². The molecule has 0 saturated carbocycles. The van der Waals surface area contributed by atoms with Crippen LogP contribution in [0.4, 0.5) is 19.2 Å². The number of rotatable bonds is 5. The van der Waals surface area contributed by atoms with Gasteiger partial charge < -0.3 is 14.6 Å². The molecule has 1 saturated heterocycles. The standard InChI is InChI=1S/C16H16ClF3N4O3/c1-8(14(25)24-7-12(9(24)2)27-16(18,19)20)21-15-23-22-13(26-15)10-3-5-11(17)6-4-10/h3-6,8-9,12H,7H2,1-2H3,(H,21,23)/t8-,9-,12-/m1/s1. The topological polar surface area (TPSA) is 80.5 Å². The molecule has 7 nitrogen and oxygen atoms in total. The van der Waals surface area contributed by atoms with E-state index in [0.29, 0.717) is 10.6 Å². The van der Waals surface area contributed by atoms with Crippen molar-refractivity contribution in [3.63, 3.8) is 0 Å². The number of hydrogen-bond acceptors (Lipinski definition) is 6. The summed E-state index contributed by atoms with van der Waals surface area (Å²) in [6.07, 6.45) is -5.79. The molecule has 0 aliphatic carbocycles. The van der Waals surface area contributed by atoms with E-state index < -0.39 is 30.5 Å². The zero-order chi connectivity index (χ0) is 19.8. The first kappa shape index (κ1) is 19.4. The Labute approximate surface area is 157 Å². The second kappa shape index (κ2) is 7.35. The molecule has 27 heavy (non-hydrogen) atoms. The van der Waals surface area contributed by atoms with Crippen molar-refractivity contribution in [1.82, 2.24) is 15.1 Å². The molecule has 0 spiro atoms. The number of anilines is 1. The summed E-state index contributed by atoms with van der Waals surface area (Å²) in [5.74, 6) is -0.152.